The predicted molar refractivity (Wildman–Crippen MR) is 127 cm³/mol. The molecule has 0 aliphatic heterocycles. The van der Waals surface area contributed by atoms with Crippen LogP contribution < -0.4 is 5.32 Å². The summed E-state index contributed by atoms with van der Waals surface area (Å²) in [5.41, 5.74) is 3.68. The van der Waals surface area contributed by atoms with E-state index in [9.17, 15) is 20.1 Å². The highest BCUT2D eigenvalue weighted by atomic mass is 16.5. The maximum absolute atomic E-state index is 12.2. The maximum atomic E-state index is 12.2. The first-order valence-corrected chi connectivity index (χ1v) is 11.1. The number of hydrogen-bond acceptors (Lipinski definition) is 7. The summed E-state index contributed by atoms with van der Waals surface area (Å²) in [5, 5.41) is 31.2. The Labute approximate surface area is 199 Å². The lowest BCUT2D eigenvalue weighted by Gasteiger charge is -2.17. The number of alkyl carbamates (subject to hydrolysis) is 1. The van der Waals surface area contributed by atoms with E-state index in [2.05, 4.69) is 21.4 Å². The fraction of sp³-hybridized carbons (Fsp3) is 0.280. The van der Waals surface area contributed by atoms with Crippen LogP contribution in [0.1, 0.15) is 34.7 Å². The van der Waals surface area contributed by atoms with Crippen molar-refractivity contribution in [1.82, 2.24) is 15.3 Å². The van der Waals surface area contributed by atoms with Gasteiger partial charge in [-0.25, -0.2) is 14.8 Å². The SMILES string of the molecule is N#CC(CCc1cccc(CCOC(=O)N[C@@H](Cc2ccccc2)B(O)O)c1)c1ccncn1. The van der Waals surface area contributed by atoms with Crippen LogP contribution in [0, 0.1) is 11.3 Å². The third-order valence-electron chi connectivity index (χ3n) is 5.42. The zero-order valence-corrected chi connectivity index (χ0v) is 18.7. The number of rotatable bonds is 11. The molecule has 0 saturated carbocycles. The minimum Gasteiger partial charge on any atom is -0.449 e. The second-order valence-electron chi connectivity index (χ2n) is 7.91. The molecule has 2 atom stereocenters. The third kappa shape index (κ3) is 7.99. The minimum absolute atomic E-state index is 0.149. The Morgan fingerprint density at radius 3 is 2.47 bits per heavy atom. The van der Waals surface area contributed by atoms with Gasteiger partial charge in [0.25, 0.3) is 0 Å². The number of carbonyl (C=O) groups is 1. The molecule has 0 bridgehead atoms. The van der Waals surface area contributed by atoms with Gasteiger partial charge in [-0.05, 0) is 42.0 Å². The van der Waals surface area contributed by atoms with E-state index in [0.717, 1.165) is 16.7 Å². The molecule has 0 aliphatic rings. The van der Waals surface area contributed by atoms with Crippen molar-refractivity contribution in [1.29, 1.82) is 5.26 Å². The summed E-state index contributed by atoms with van der Waals surface area (Å²) in [5.74, 6) is -1.18. The predicted octanol–water partition coefficient (Wildman–Crippen LogP) is 2.61. The van der Waals surface area contributed by atoms with Gasteiger partial charge in [0, 0.05) is 12.6 Å². The fourth-order valence-electron chi connectivity index (χ4n) is 3.59. The Morgan fingerprint density at radius 1 is 1.06 bits per heavy atom. The summed E-state index contributed by atoms with van der Waals surface area (Å²) in [7, 11) is -1.70. The van der Waals surface area contributed by atoms with E-state index in [4.69, 9.17) is 4.74 Å². The number of nitrogens with one attached hydrogen (secondary N) is 1. The monoisotopic (exact) mass is 458 g/mol. The Morgan fingerprint density at radius 2 is 1.79 bits per heavy atom. The number of nitriles is 1. The van der Waals surface area contributed by atoms with E-state index >= 15 is 0 Å². The molecular formula is C25H27BN4O4. The van der Waals surface area contributed by atoms with Gasteiger partial charge in [-0.2, -0.15) is 5.26 Å². The van der Waals surface area contributed by atoms with Crippen LogP contribution in [0.25, 0.3) is 0 Å². The first-order valence-electron chi connectivity index (χ1n) is 11.1. The van der Waals surface area contributed by atoms with E-state index in [-0.39, 0.29) is 18.9 Å². The molecule has 174 valence electrons. The van der Waals surface area contributed by atoms with Crippen molar-refractivity contribution in [2.75, 3.05) is 6.61 Å². The molecule has 1 heterocycles. The molecule has 3 N–H and O–H groups in total. The Balaban J connectivity index is 1.46. The number of carbonyl (C=O) groups excluding carboxylic acids is 1. The van der Waals surface area contributed by atoms with Crippen molar-refractivity contribution in [2.45, 2.75) is 37.5 Å². The standard InChI is InChI=1S/C25H27BN4O4/c27-17-22(23-11-13-28-18-29-23)10-9-20-7-4-8-21(15-20)12-14-34-25(31)30-24(26(32)33)16-19-5-2-1-3-6-19/h1-8,11,13,15,18,22,24,32-33H,9-10,12,14,16H2,(H,30,31)/t22?,24-/m0/s1. The van der Waals surface area contributed by atoms with Crippen molar-refractivity contribution in [3.63, 3.8) is 0 Å². The summed E-state index contributed by atoms with van der Waals surface area (Å²) >= 11 is 0. The van der Waals surface area contributed by atoms with Crippen molar-refractivity contribution in [3.8, 4) is 6.07 Å². The number of nitrogens with zero attached hydrogens (tertiary/aromatic N) is 3. The smallest absolute Gasteiger partial charge is 0.449 e. The zero-order chi connectivity index (χ0) is 24.2. The zero-order valence-electron chi connectivity index (χ0n) is 18.7. The number of aryl methyl sites for hydroxylation is 1. The Bertz CT molecular complexity index is 1080. The summed E-state index contributed by atoms with van der Waals surface area (Å²) in [6.07, 6.45) is 4.52. The lowest BCUT2D eigenvalue weighted by molar-refractivity contribution is 0.144. The van der Waals surface area contributed by atoms with Crippen molar-refractivity contribution in [2.24, 2.45) is 0 Å². The van der Waals surface area contributed by atoms with Gasteiger partial charge >= 0.3 is 13.2 Å². The summed E-state index contributed by atoms with van der Waals surface area (Å²) < 4.78 is 5.25. The van der Waals surface area contributed by atoms with Crippen molar-refractivity contribution >= 4 is 13.2 Å². The molecule has 3 aromatic rings. The first-order chi connectivity index (χ1) is 16.5. The minimum atomic E-state index is -1.70. The van der Waals surface area contributed by atoms with Gasteiger partial charge < -0.3 is 20.1 Å². The van der Waals surface area contributed by atoms with Gasteiger partial charge in [0.05, 0.1) is 30.2 Å². The molecule has 8 nitrogen and oxygen atoms in total. The molecule has 34 heavy (non-hydrogen) atoms. The first kappa shape index (κ1) is 24.9. The van der Waals surface area contributed by atoms with Crippen LogP contribution in [0.2, 0.25) is 0 Å². The Hall–Kier alpha value is -3.74. The molecule has 0 aliphatic carbocycles. The maximum Gasteiger partial charge on any atom is 0.475 e. The van der Waals surface area contributed by atoms with Gasteiger partial charge in [-0.15, -0.1) is 0 Å². The van der Waals surface area contributed by atoms with Crippen molar-refractivity contribution in [3.05, 3.63) is 95.6 Å². The summed E-state index contributed by atoms with van der Waals surface area (Å²) in [6.45, 7) is 0.149. The van der Waals surface area contributed by atoms with Crippen LogP contribution in [-0.2, 0) is 24.0 Å². The third-order valence-corrected chi connectivity index (χ3v) is 5.42. The molecular weight excluding hydrogens is 431 g/mol. The van der Waals surface area contributed by atoms with E-state index in [0.29, 0.717) is 25.0 Å². The molecule has 1 amide bonds. The lowest BCUT2D eigenvalue weighted by Crippen LogP contribution is -2.48. The highest BCUT2D eigenvalue weighted by molar-refractivity contribution is 6.43. The number of ether oxygens (including phenoxy) is 1. The molecule has 2 aromatic carbocycles. The molecule has 0 spiro atoms. The van der Waals surface area contributed by atoms with E-state index in [1.807, 2.05) is 54.6 Å². The number of aromatic nitrogens is 2. The number of benzene rings is 2. The molecule has 1 aromatic heterocycles. The quantitative estimate of drug-likeness (QED) is 0.377. The highest BCUT2D eigenvalue weighted by Gasteiger charge is 2.26. The van der Waals surface area contributed by atoms with Gasteiger partial charge in [0.15, 0.2) is 0 Å². The average molecular weight is 458 g/mol. The molecule has 0 radical (unpaired) electrons. The highest BCUT2D eigenvalue weighted by Crippen LogP contribution is 2.19. The second kappa shape index (κ2) is 13.1. The van der Waals surface area contributed by atoms with E-state index in [1.54, 1.807) is 12.3 Å². The number of hydrogen-bond donors (Lipinski definition) is 3. The van der Waals surface area contributed by atoms with Gasteiger partial charge in [-0.1, -0.05) is 54.6 Å². The van der Waals surface area contributed by atoms with Gasteiger partial charge in [0.1, 0.15) is 6.33 Å². The fourth-order valence-corrected chi connectivity index (χ4v) is 3.59. The van der Waals surface area contributed by atoms with Crippen LogP contribution in [0.5, 0.6) is 0 Å². The van der Waals surface area contributed by atoms with Crippen LogP contribution in [0.3, 0.4) is 0 Å². The summed E-state index contributed by atoms with van der Waals surface area (Å²) in [6, 6.07) is 21.2. The molecule has 9 heteroatoms. The average Bonchev–Trinajstić information content (AvgIpc) is 2.85. The summed E-state index contributed by atoms with van der Waals surface area (Å²) in [4.78, 5) is 20.2. The lowest BCUT2D eigenvalue weighted by atomic mass is 9.76. The van der Waals surface area contributed by atoms with Crippen LogP contribution in [0.15, 0.2) is 73.2 Å². The topological polar surface area (TPSA) is 128 Å². The van der Waals surface area contributed by atoms with E-state index in [1.165, 1.54) is 6.33 Å². The number of amides is 1. The van der Waals surface area contributed by atoms with Crippen LogP contribution in [-0.4, -0.2) is 45.8 Å². The molecule has 0 fully saturated rings. The van der Waals surface area contributed by atoms with Crippen molar-refractivity contribution < 1.29 is 19.6 Å². The van der Waals surface area contributed by atoms with Crippen LogP contribution >= 0.6 is 0 Å². The molecule has 0 saturated heterocycles. The Kier molecular flexibility index (Phi) is 9.58. The van der Waals surface area contributed by atoms with Crippen LogP contribution in [0.4, 0.5) is 4.79 Å². The van der Waals surface area contributed by atoms with Gasteiger partial charge in [0.2, 0.25) is 0 Å². The normalized spacial score (nSPS) is 12.3. The van der Waals surface area contributed by atoms with Gasteiger partial charge in [-0.3, -0.25) is 0 Å². The largest absolute Gasteiger partial charge is 0.475 e. The second-order valence-corrected chi connectivity index (χ2v) is 7.91. The molecule has 3 rings (SSSR count). The van der Waals surface area contributed by atoms with E-state index < -0.39 is 19.2 Å². The molecule has 1 unspecified atom stereocenters.